The summed E-state index contributed by atoms with van der Waals surface area (Å²) < 4.78 is 0. The van der Waals surface area contributed by atoms with E-state index in [-0.39, 0.29) is 11.9 Å². The first-order valence-corrected chi connectivity index (χ1v) is 7.77. The summed E-state index contributed by atoms with van der Waals surface area (Å²) in [7, 11) is 0. The molecule has 22 heavy (non-hydrogen) atoms. The Morgan fingerprint density at radius 2 is 1.68 bits per heavy atom. The molecule has 0 aliphatic heterocycles. The molecule has 3 nitrogen and oxygen atoms in total. The fourth-order valence-electron chi connectivity index (χ4n) is 2.60. The molecule has 3 heteroatoms. The maximum Gasteiger partial charge on any atom is 0.252 e. The van der Waals surface area contributed by atoms with E-state index in [4.69, 9.17) is 5.73 Å². The molecule has 0 radical (unpaired) electrons. The highest BCUT2D eigenvalue weighted by atomic mass is 16.1. The van der Waals surface area contributed by atoms with E-state index in [0.717, 1.165) is 17.5 Å². The van der Waals surface area contributed by atoms with Gasteiger partial charge in [-0.05, 0) is 29.5 Å². The van der Waals surface area contributed by atoms with Gasteiger partial charge < -0.3 is 11.1 Å². The Labute approximate surface area is 132 Å². The molecule has 116 valence electrons. The van der Waals surface area contributed by atoms with E-state index in [2.05, 4.69) is 19.2 Å². The standard InChI is InChI=1S/C19H24N2O/c1-14(2)12-16(13-20)21-19(22)18-11-7-6-10-17(18)15-8-4-3-5-9-15/h3-11,14,16H,12-13,20H2,1-2H3,(H,21,22). The highest BCUT2D eigenvalue weighted by Crippen LogP contribution is 2.23. The second kappa shape index (κ2) is 7.76. The summed E-state index contributed by atoms with van der Waals surface area (Å²) in [6, 6.07) is 17.6. The fourth-order valence-corrected chi connectivity index (χ4v) is 2.60. The van der Waals surface area contributed by atoms with Crippen LogP contribution in [0, 0.1) is 5.92 Å². The number of carbonyl (C=O) groups is 1. The zero-order chi connectivity index (χ0) is 15.9. The molecule has 2 aromatic rings. The lowest BCUT2D eigenvalue weighted by Gasteiger charge is -2.20. The predicted octanol–water partition coefficient (Wildman–Crippen LogP) is 3.46. The zero-order valence-electron chi connectivity index (χ0n) is 13.3. The van der Waals surface area contributed by atoms with Crippen molar-refractivity contribution in [3.63, 3.8) is 0 Å². The minimum atomic E-state index is -0.0597. The van der Waals surface area contributed by atoms with Crippen LogP contribution < -0.4 is 11.1 Å². The number of carbonyl (C=O) groups excluding carboxylic acids is 1. The Hall–Kier alpha value is -2.13. The average molecular weight is 296 g/mol. The van der Waals surface area contributed by atoms with Gasteiger partial charge in [0.1, 0.15) is 0 Å². The van der Waals surface area contributed by atoms with Gasteiger partial charge in [-0.2, -0.15) is 0 Å². The van der Waals surface area contributed by atoms with E-state index in [9.17, 15) is 4.79 Å². The van der Waals surface area contributed by atoms with E-state index >= 15 is 0 Å². The van der Waals surface area contributed by atoms with Gasteiger partial charge in [-0.3, -0.25) is 4.79 Å². The van der Waals surface area contributed by atoms with Crippen LogP contribution in [-0.2, 0) is 0 Å². The molecule has 1 atom stereocenters. The maximum atomic E-state index is 12.6. The van der Waals surface area contributed by atoms with Crippen molar-refractivity contribution in [3.8, 4) is 11.1 Å². The van der Waals surface area contributed by atoms with Gasteiger partial charge in [0.2, 0.25) is 0 Å². The first kappa shape index (κ1) is 16.2. The second-order valence-electron chi connectivity index (χ2n) is 5.95. The third kappa shape index (κ3) is 4.18. The molecule has 0 saturated heterocycles. The molecule has 0 aromatic heterocycles. The Morgan fingerprint density at radius 1 is 1.05 bits per heavy atom. The van der Waals surface area contributed by atoms with Crippen molar-refractivity contribution in [3.05, 3.63) is 60.2 Å². The van der Waals surface area contributed by atoms with Gasteiger partial charge in [-0.15, -0.1) is 0 Å². The number of nitrogens with one attached hydrogen (secondary N) is 1. The van der Waals surface area contributed by atoms with Crippen LogP contribution in [0.1, 0.15) is 30.6 Å². The van der Waals surface area contributed by atoms with E-state index in [1.165, 1.54) is 0 Å². The summed E-state index contributed by atoms with van der Waals surface area (Å²) in [5.74, 6) is 0.439. The largest absolute Gasteiger partial charge is 0.348 e. The van der Waals surface area contributed by atoms with Crippen molar-refractivity contribution in [2.75, 3.05) is 6.54 Å². The lowest BCUT2D eigenvalue weighted by Crippen LogP contribution is -2.41. The molecule has 2 rings (SSSR count). The van der Waals surface area contributed by atoms with Crippen molar-refractivity contribution < 1.29 is 4.79 Å². The van der Waals surface area contributed by atoms with Gasteiger partial charge in [-0.25, -0.2) is 0 Å². The smallest absolute Gasteiger partial charge is 0.252 e. The van der Waals surface area contributed by atoms with Crippen LogP contribution in [0.4, 0.5) is 0 Å². The number of benzene rings is 2. The first-order chi connectivity index (χ1) is 10.6. The number of hydrogen-bond donors (Lipinski definition) is 2. The van der Waals surface area contributed by atoms with Crippen LogP contribution in [0.25, 0.3) is 11.1 Å². The summed E-state index contributed by atoms with van der Waals surface area (Å²) >= 11 is 0. The average Bonchev–Trinajstić information content (AvgIpc) is 2.54. The molecule has 2 aromatic carbocycles. The number of hydrogen-bond acceptors (Lipinski definition) is 2. The number of rotatable bonds is 6. The maximum absolute atomic E-state index is 12.6. The minimum absolute atomic E-state index is 0.0105. The van der Waals surface area contributed by atoms with Gasteiger partial charge in [0.25, 0.3) is 5.91 Å². The first-order valence-electron chi connectivity index (χ1n) is 7.77. The van der Waals surface area contributed by atoms with Crippen LogP contribution in [0.2, 0.25) is 0 Å². The van der Waals surface area contributed by atoms with Crippen LogP contribution >= 0.6 is 0 Å². The Balaban J connectivity index is 2.23. The minimum Gasteiger partial charge on any atom is -0.348 e. The van der Waals surface area contributed by atoms with E-state index in [1.807, 2.05) is 54.6 Å². The van der Waals surface area contributed by atoms with Crippen LogP contribution in [0.15, 0.2) is 54.6 Å². The normalized spacial score (nSPS) is 12.2. The van der Waals surface area contributed by atoms with Gasteiger partial charge in [0, 0.05) is 18.2 Å². The summed E-state index contributed by atoms with van der Waals surface area (Å²) in [6.45, 7) is 4.72. The molecular weight excluding hydrogens is 272 g/mol. The lowest BCUT2D eigenvalue weighted by atomic mass is 9.98. The zero-order valence-corrected chi connectivity index (χ0v) is 13.3. The monoisotopic (exact) mass is 296 g/mol. The molecule has 0 aliphatic rings. The van der Waals surface area contributed by atoms with Crippen molar-refractivity contribution >= 4 is 5.91 Å². The van der Waals surface area contributed by atoms with E-state index < -0.39 is 0 Å². The molecular formula is C19H24N2O. The van der Waals surface area contributed by atoms with Crippen molar-refractivity contribution in [2.24, 2.45) is 11.7 Å². The summed E-state index contributed by atoms with van der Waals surface area (Å²) in [6.07, 6.45) is 0.885. The third-order valence-corrected chi connectivity index (χ3v) is 3.63. The van der Waals surface area contributed by atoms with Crippen LogP contribution in [0.3, 0.4) is 0 Å². The lowest BCUT2D eigenvalue weighted by molar-refractivity contribution is 0.0934. The Kier molecular flexibility index (Phi) is 5.73. The highest BCUT2D eigenvalue weighted by molar-refractivity contribution is 6.01. The molecule has 1 unspecified atom stereocenters. The molecule has 1 amide bonds. The topological polar surface area (TPSA) is 55.1 Å². The number of nitrogens with two attached hydrogens (primary N) is 1. The Morgan fingerprint density at radius 3 is 2.32 bits per heavy atom. The summed E-state index contributed by atoms with van der Waals surface area (Å²) in [5.41, 5.74) is 8.46. The fraction of sp³-hybridized carbons (Fsp3) is 0.316. The van der Waals surface area contributed by atoms with Gasteiger partial charge in [0.15, 0.2) is 0 Å². The third-order valence-electron chi connectivity index (χ3n) is 3.63. The van der Waals surface area contributed by atoms with Crippen LogP contribution in [0.5, 0.6) is 0 Å². The summed E-state index contributed by atoms with van der Waals surface area (Å²) in [4.78, 5) is 12.6. The van der Waals surface area contributed by atoms with Gasteiger partial charge in [-0.1, -0.05) is 62.4 Å². The van der Waals surface area contributed by atoms with Crippen molar-refractivity contribution in [1.29, 1.82) is 0 Å². The second-order valence-corrected chi connectivity index (χ2v) is 5.95. The molecule has 0 aliphatic carbocycles. The molecule has 0 spiro atoms. The molecule has 0 saturated carbocycles. The highest BCUT2D eigenvalue weighted by Gasteiger charge is 2.16. The molecule has 0 fully saturated rings. The molecule has 3 N–H and O–H groups in total. The van der Waals surface area contributed by atoms with Gasteiger partial charge in [0.05, 0.1) is 0 Å². The van der Waals surface area contributed by atoms with E-state index in [1.54, 1.807) is 0 Å². The molecule has 0 bridgehead atoms. The quantitative estimate of drug-likeness (QED) is 0.857. The molecule has 0 heterocycles. The van der Waals surface area contributed by atoms with Gasteiger partial charge >= 0.3 is 0 Å². The predicted molar refractivity (Wildman–Crippen MR) is 91.6 cm³/mol. The van der Waals surface area contributed by atoms with Crippen molar-refractivity contribution in [2.45, 2.75) is 26.3 Å². The summed E-state index contributed by atoms with van der Waals surface area (Å²) in [5, 5.41) is 3.06. The SMILES string of the molecule is CC(C)CC(CN)NC(=O)c1ccccc1-c1ccccc1. The van der Waals surface area contributed by atoms with Crippen molar-refractivity contribution in [1.82, 2.24) is 5.32 Å². The number of amides is 1. The van der Waals surface area contributed by atoms with E-state index in [0.29, 0.717) is 18.0 Å². The van der Waals surface area contributed by atoms with Crippen LogP contribution in [-0.4, -0.2) is 18.5 Å². The Bertz CT molecular complexity index is 608.